The van der Waals surface area contributed by atoms with Crippen molar-refractivity contribution in [1.82, 2.24) is 14.9 Å². The Morgan fingerprint density at radius 1 is 1.16 bits per heavy atom. The van der Waals surface area contributed by atoms with E-state index in [9.17, 15) is 14.9 Å². The number of nitro benzene ring substituents is 1. The molecule has 0 spiro atoms. The first-order valence-electron chi connectivity index (χ1n) is 9.60. The van der Waals surface area contributed by atoms with Crippen LogP contribution in [-0.2, 0) is 4.79 Å². The van der Waals surface area contributed by atoms with E-state index >= 15 is 0 Å². The molecule has 1 aromatic heterocycles. The van der Waals surface area contributed by atoms with E-state index < -0.39 is 4.92 Å². The molecule has 0 fully saturated rings. The lowest BCUT2D eigenvalue weighted by molar-refractivity contribution is -0.384. The van der Waals surface area contributed by atoms with Crippen molar-refractivity contribution in [2.75, 3.05) is 18.2 Å². The van der Waals surface area contributed by atoms with Crippen molar-refractivity contribution in [3.05, 3.63) is 87.7 Å². The Morgan fingerprint density at radius 3 is 2.53 bits per heavy atom. The SMILES string of the molecule is Cc1nnc(SCCOc2ccc(C=CC(=O)C=Cc3cccc([N+](=O)[O-])c3)cc2)n1N. The molecule has 3 aromatic rings. The summed E-state index contributed by atoms with van der Waals surface area (Å²) >= 11 is 1.46. The Labute approximate surface area is 188 Å². The summed E-state index contributed by atoms with van der Waals surface area (Å²) in [5.41, 5.74) is 1.41. The van der Waals surface area contributed by atoms with Crippen molar-refractivity contribution in [2.45, 2.75) is 12.1 Å². The van der Waals surface area contributed by atoms with Gasteiger partial charge < -0.3 is 10.6 Å². The van der Waals surface area contributed by atoms with Crippen LogP contribution in [0.1, 0.15) is 17.0 Å². The van der Waals surface area contributed by atoms with Gasteiger partial charge in [0, 0.05) is 17.9 Å². The molecule has 1 heterocycles. The number of aromatic nitrogens is 3. The van der Waals surface area contributed by atoms with Crippen LogP contribution in [0.4, 0.5) is 5.69 Å². The van der Waals surface area contributed by atoms with Crippen LogP contribution in [0.5, 0.6) is 5.75 Å². The van der Waals surface area contributed by atoms with Crippen LogP contribution in [0.3, 0.4) is 0 Å². The van der Waals surface area contributed by atoms with Crippen LogP contribution in [0.2, 0.25) is 0 Å². The van der Waals surface area contributed by atoms with E-state index in [-0.39, 0.29) is 11.5 Å². The fraction of sp³-hybridized carbons (Fsp3) is 0.136. The molecule has 3 rings (SSSR count). The van der Waals surface area contributed by atoms with Crippen LogP contribution in [-0.4, -0.2) is 37.9 Å². The van der Waals surface area contributed by atoms with Crippen molar-refractivity contribution < 1.29 is 14.5 Å². The highest BCUT2D eigenvalue weighted by atomic mass is 32.2. The molecule has 0 radical (unpaired) electrons. The summed E-state index contributed by atoms with van der Waals surface area (Å²) in [4.78, 5) is 22.4. The normalized spacial score (nSPS) is 11.3. The Hall–Kier alpha value is -3.92. The van der Waals surface area contributed by atoms with Gasteiger partial charge in [-0.25, -0.2) is 4.68 Å². The summed E-state index contributed by atoms with van der Waals surface area (Å²) in [6.07, 6.45) is 6.04. The van der Waals surface area contributed by atoms with Crippen LogP contribution in [0.15, 0.2) is 65.8 Å². The molecule has 0 aliphatic heterocycles. The fourth-order valence-corrected chi connectivity index (χ4v) is 3.29. The van der Waals surface area contributed by atoms with Crippen LogP contribution < -0.4 is 10.6 Å². The number of nitrogens with zero attached hydrogens (tertiary/aromatic N) is 4. The Balaban J connectivity index is 1.46. The van der Waals surface area contributed by atoms with Crippen molar-refractivity contribution >= 4 is 35.4 Å². The van der Waals surface area contributed by atoms with Crippen molar-refractivity contribution in [3.8, 4) is 5.75 Å². The maximum Gasteiger partial charge on any atom is 0.270 e. The van der Waals surface area contributed by atoms with Crippen molar-refractivity contribution in [3.63, 3.8) is 0 Å². The smallest absolute Gasteiger partial charge is 0.270 e. The average molecular weight is 452 g/mol. The topological polar surface area (TPSA) is 126 Å². The second kappa shape index (κ2) is 10.9. The van der Waals surface area contributed by atoms with E-state index in [1.54, 1.807) is 31.2 Å². The van der Waals surface area contributed by atoms with Gasteiger partial charge in [-0.2, -0.15) is 0 Å². The lowest BCUT2D eigenvalue weighted by atomic mass is 10.1. The number of rotatable bonds is 10. The molecular formula is C22H21N5O4S. The van der Waals surface area contributed by atoms with Gasteiger partial charge in [0.2, 0.25) is 5.16 Å². The molecule has 0 saturated heterocycles. The second-order valence-corrected chi connectivity index (χ2v) is 7.65. The van der Waals surface area contributed by atoms with Crippen LogP contribution in [0.25, 0.3) is 12.2 Å². The largest absolute Gasteiger partial charge is 0.493 e. The Kier molecular flexibility index (Phi) is 7.76. The molecule has 0 bridgehead atoms. The monoisotopic (exact) mass is 451 g/mol. The van der Waals surface area contributed by atoms with Gasteiger partial charge in [0.25, 0.3) is 5.69 Å². The number of hydrogen-bond donors (Lipinski definition) is 1. The molecule has 2 aromatic carbocycles. The zero-order valence-electron chi connectivity index (χ0n) is 17.2. The molecule has 0 amide bonds. The number of nitrogens with two attached hydrogens (primary N) is 1. The molecule has 0 unspecified atom stereocenters. The number of nitro groups is 1. The van der Waals surface area contributed by atoms with Crippen LogP contribution >= 0.6 is 11.8 Å². The highest BCUT2D eigenvalue weighted by Gasteiger charge is 2.06. The van der Waals surface area contributed by atoms with E-state index in [1.165, 1.54) is 40.7 Å². The Morgan fingerprint density at radius 2 is 1.88 bits per heavy atom. The molecule has 0 atom stereocenters. The first-order chi connectivity index (χ1) is 15.4. The molecule has 0 saturated carbocycles. The minimum absolute atomic E-state index is 0.0196. The second-order valence-electron chi connectivity index (χ2n) is 6.59. The van der Waals surface area contributed by atoms with Gasteiger partial charge in [-0.05, 0) is 42.3 Å². The summed E-state index contributed by atoms with van der Waals surface area (Å²) < 4.78 is 7.14. The maximum atomic E-state index is 12.0. The number of non-ortho nitro benzene ring substituents is 1. The van der Waals surface area contributed by atoms with Crippen LogP contribution in [0, 0.1) is 17.0 Å². The maximum absolute atomic E-state index is 12.0. The van der Waals surface area contributed by atoms with Gasteiger partial charge in [0.15, 0.2) is 5.78 Å². The predicted octanol–water partition coefficient (Wildman–Crippen LogP) is 3.68. The standard InChI is InChI=1S/C22H21N5O4S/c1-16-24-25-22(26(16)23)32-14-13-31-21-11-7-17(8-12-21)5-9-20(28)10-6-18-3-2-4-19(15-18)27(29)30/h2-12,15H,13-14,23H2,1H3. The third-order valence-corrected chi connectivity index (χ3v) is 5.17. The predicted molar refractivity (Wildman–Crippen MR) is 124 cm³/mol. The molecule has 0 aliphatic carbocycles. The lowest BCUT2D eigenvalue weighted by Gasteiger charge is -2.06. The first-order valence-corrected chi connectivity index (χ1v) is 10.6. The van der Waals surface area contributed by atoms with Gasteiger partial charge >= 0.3 is 0 Å². The molecule has 164 valence electrons. The highest BCUT2D eigenvalue weighted by Crippen LogP contribution is 2.17. The molecule has 9 nitrogen and oxygen atoms in total. The molecule has 2 N–H and O–H groups in total. The molecular weight excluding hydrogens is 430 g/mol. The van der Waals surface area contributed by atoms with E-state index in [0.717, 1.165) is 5.56 Å². The minimum atomic E-state index is -0.473. The lowest BCUT2D eigenvalue weighted by Crippen LogP contribution is -2.12. The fourth-order valence-electron chi connectivity index (χ4n) is 2.57. The minimum Gasteiger partial charge on any atom is -0.493 e. The number of nitrogen functional groups attached to an aromatic ring is 1. The number of carbonyl (C=O) groups is 1. The zero-order valence-corrected chi connectivity index (χ0v) is 18.1. The number of ketones is 1. The molecule has 32 heavy (non-hydrogen) atoms. The van der Waals surface area contributed by atoms with Gasteiger partial charge in [0.05, 0.1) is 11.5 Å². The number of thioether (sulfide) groups is 1. The summed E-state index contributed by atoms with van der Waals surface area (Å²) in [5.74, 6) is 7.60. The number of benzene rings is 2. The number of hydrogen-bond acceptors (Lipinski definition) is 8. The number of ether oxygens (including phenoxy) is 1. The summed E-state index contributed by atoms with van der Waals surface area (Å²) in [7, 11) is 0. The van der Waals surface area contributed by atoms with Crippen molar-refractivity contribution in [2.24, 2.45) is 0 Å². The van der Waals surface area contributed by atoms with Crippen molar-refractivity contribution in [1.29, 1.82) is 0 Å². The quantitative estimate of drug-likeness (QED) is 0.124. The Bertz CT molecular complexity index is 1160. The highest BCUT2D eigenvalue weighted by molar-refractivity contribution is 7.99. The number of carbonyl (C=O) groups excluding carboxylic acids is 1. The van der Waals surface area contributed by atoms with E-state index in [1.807, 2.05) is 24.3 Å². The zero-order chi connectivity index (χ0) is 22.9. The first kappa shape index (κ1) is 22.8. The van der Waals surface area contributed by atoms with Gasteiger partial charge in [-0.1, -0.05) is 48.2 Å². The van der Waals surface area contributed by atoms with E-state index in [4.69, 9.17) is 10.6 Å². The van der Waals surface area contributed by atoms with Gasteiger partial charge in [0.1, 0.15) is 11.6 Å². The third-order valence-electron chi connectivity index (χ3n) is 4.26. The molecule has 10 heteroatoms. The molecule has 0 aliphatic rings. The number of allylic oxidation sites excluding steroid dienone is 2. The summed E-state index contributed by atoms with van der Waals surface area (Å²) in [5, 5.41) is 19.3. The summed E-state index contributed by atoms with van der Waals surface area (Å²) in [6.45, 7) is 2.26. The van der Waals surface area contributed by atoms with Gasteiger partial charge in [-0.15, -0.1) is 10.2 Å². The average Bonchev–Trinajstić information content (AvgIpc) is 3.12. The van der Waals surface area contributed by atoms with E-state index in [2.05, 4.69) is 10.2 Å². The third kappa shape index (κ3) is 6.54. The van der Waals surface area contributed by atoms with E-state index in [0.29, 0.717) is 34.7 Å². The number of aryl methyl sites for hydroxylation is 1. The summed E-state index contributed by atoms with van der Waals surface area (Å²) in [6, 6.07) is 13.4. The van der Waals surface area contributed by atoms with Gasteiger partial charge in [-0.3, -0.25) is 14.9 Å².